The number of para-hydroxylation sites is 2. The topological polar surface area (TPSA) is 22.0 Å². The van der Waals surface area contributed by atoms with Crippen LogP contribution in [-0.4, -0.2) is 4.57 Å². The van der Waals surface area contributed by atoms with Gasteiger partial charge in [0.2, 0.25) is 0 Å². The van der Waals surface area contributed by atoms with Gasteiger partial charge in [0.05, 0.1) is 5.52 Å². The number of hydrogen-bond donors (Lipinski definition) is 0. The van der Waals surface area contributed by atoms with E-state index in [4.69, 9.17) is 0 Å². The second-order valence-corrected chi connectivity index (χ2v) is 7.04. The molecule has 0 radical (unpaired) electrons. The van der Waals surface area contributed by atoms with E-state index in [1.165, 1.54) is 0 Å². The summed E-state index contributed by atoms with van der Waals surface area (Å²) in [6.07, 6.45) is 0. The quantitative estimate of drug-likeness (QED) is 0.450. The van der Waals surface area contributed by atoms with E-state index in [2.05, 4.69) is 28.1 Å². The summed E-state index contributed by atoms with van der Waals surface area (Å²) in [7, 11) is 0. The predicted molar refractivity (Wildman–Crippen MR) is 101 cm³/mol. The minimum Gasteiger partial charge on any atom is -0.277 e. The molecule has 2 aromatic heterocycles. The van der Waals surface area contributed by atoms with Crippen molar-refractivity contribution in [2.24, 2.45) is 0 Å². The van der Waals surface area contributed by atoms with Gasteiger partial charge in [-0.2, -0.15) is 0 Å². The number of nitrogens with zero attached hydrogens (tertiary/aromatic N) is 1. The van der Waals surface area contributed by atoms with Crippen LogP contribution in [0.2, 0.25) is 0 Å². The maximum atomic E-state index is 12.8. The molecule has 23 heavy (non-hydrogen) atoms. The van der Waals surface area contributed by atoms with Crippen LogP contribution in [-0.2, 0) is 0 Å². The standard InChI is InChI=1S/C19H12BrNOS/c20-13-10-18(23-12-13)16-11-19(22)21(14-6-2-1-3-7-14)17-9-5-4-8-15(16)17/h1-12H. The Morgan fingerprint density at radius 3 is 2.39 bits per heavy atom. The first kappa shape index (κ1) is 14.4. The van der Waals surface area contributed by atoms with Gasteiger partial charge < -0.3 is 0 Å². The Bertz CT molecular complexity index is 1050. The molecule has 0 unspecified atom stereocenters. The molecule has 0 atom stereocenters. The molecule has 0 aliphatic rings. The summed E-state index contributed by atoms with van der Waals surface area (Å²) in [5.41, 5.74) is 2.77. The van der Waals surface area contributed by atoms with E-state index < -0.39 is 0 Å². The lowest BCUT2D eigenvalue weighted by molar-refractivity contribution is 1.04. The molecule has 0 N–H and O–H groups in total. The molecule has 4 heteroatoms. The summed E-state index contributed by atoms with van der Waals surface area (Å²) in [5.74, 6) is 0. The van der Waals surface area contributed by atoms with Crippen molar-refractivity contribution in [2.45, 2.75) is 0 Å². The highest BCUT2D eigenvalue weighted by molar-refractivity contribution is 9.10. The minimum atomic E-state index is -0.0191. The first-order chi connectivity index (χ1) is 11.2. The summed E-state index contributed by atoms with van der Waals surface area (Å²) >= 11 is 5.12. The summed E-state index contributed by atoms with van der Waals surface area (Å²) in [6, 6.07) is 21.6. The van der Waals surface area contributed by atoms with Crippen LogP contribution in [0.25, 0.3) is 27.0 Å². The fourth-order valence-electron chi connectivity index (χ4n) is 2.78. The smallest absolute Gasteiger partial charge is 0.256 e. The maximum Gasteiger partial charge on any atom is 0.256 e. The highest BCUT2D eigenvalue weighted by Crippen LogP contribution is 2.34. The van der Waals surface area contributed by atoms with Gasteiger partial charge in [-0.05, 0) is 40.2 Å². The minimum absolute atomic E-state index is 0.0191. The first-order valence-electron chi connectivity index (χ1n) is 7.19. The van der Waals surface area contributed by atoms with Crippen molar-refractivity contribution >= 4 is 38.2 Å². The monoisotopic (exact) mass is 381 g/mol. The number of pyridine rings is 1. The van der Waals surface area contributed by atoms with Gasteiger partial charge in [-0.25, -0.2) is 0 Å². The van der Waals surface area contributed by atoms with Crippen molar-refractivity contribution in [3.63, 3.8) is 0 Å². The molecule has 0 bridgehead atoms. The van der Waals surface area contributed by atoms with Crippen molar-refractivity contribution in [1.82, 2.24) is 4.57 Å². The highest BCUT2D eigenvalue weighted by atomic mass is 79.9. The van der Waals surface area contributed by atoms with E-state index in [1.54, 1.807) is 22.0 Å². The summed E-state index contributed by atoms with van der Waals surface area (Å²) in [4.78, 5) is 13.9. The van der Waals surface area contributed by atoms with Crippen LogP contribution in [0, 0.1) is 0 Å². The van der Waals surface area contributed by atoms with Crippen LogP contribution in [0.5, 0.6) is 0 Å². The zero-order valence-electron chi connectivity index (χ0n) is 12.1. The van der Waals surface area contributed by atoms with Gasteiger partial charge in [0.15, 0.2) is 0 Å². The van der Waals surface area contributed by atoms with Gasteiger partial charge in [0.25, 0.3) is 5.56 Å². The average molecular weight is 382 g/mol. The molecule has 0 fully saturated rings. The third-order valence-electron chi connectivity index (χ3n) is 3.77. The largest absolute Gasteiger partial charge is 0.277 e. The lowest BCUT2D eigenvalue weighted by Gasteiger charge is -2.13. The van der Waals surface area contributed by atoms with Gasteiger partial charge in [-0.3, -0.25) is 9.36 Å². The number of hydrogen-bond acceptors (Lipinski definition) is 2. The Kier molecular flexibility index (Phi) is 3.63. The van der Waals surface area contributed by atoms with Crippen molar-refractivity contribution in [2.75, 3.05) is 0 Å². The average Bonchev–Trinajstić information content (AvgIpc) is 3.01. The number of halogens is 1. The SMILES string of the molecule is O=c1cc(-c2cc(Br)cs2)c2ccccc2n1-c1ccccc1. The van der Waals surface area contributed by atoms with Crippen LogP contribution in [0.1, 0.15) is 0 Å². The molecule has 112 valence electrons. The molecule has 0 spiro atoms. The molecule has 0 aliphatic carbocycles. The molecule has 2 heterocycles. The Labute approximate surface area is 145 Å². The summed E-state index contributed by atoms with van der Waals surface area (Å²) in [5, 5.41) is 3.11. The Balaban J connectivity index is 2.09. The summed E-state index contributed by atoms with van der Waals surface area (Å²) in [6.45, 7) is 0. The van der Waals surface area contributed by atoms with E-state index in [9.17, 15) is 4.79 Å². The van der Waals surface area contributed by atoms with Crippen molar-refractivity contribution in [1.29, 1.82) is 0 Å². The van der Waals surface area contributed by atoms with Gasteiger partial charge in [-0.15, -0.1) is 11.3 Å². The molecule has 4 rings (SSSR count). The van der Waals surface area contributed by atoms with E-state index in [-0.39, 0.29) is 5.56 Å². The molecule has 4 aromatic rings. The molecule has 0 saturated carbocycles. The Morgan fingerprint density at radius 2 is 1.65 bits per heavy atom. The number of benzene rings is 2. The zero-order chi connectivity index (χ0) is 15.8. The fraction of sp³-hybridized carbons (Fsp3) is 0. The summed E-state index contributed by atoms with van der Waals surface area (Å²) < 4.78 is 2.80. The van der Waals surface area contributed by atoms with E-state index in [1.807, 2.05) is 53.9 Å². The normalized spacial score (nSPS) is 11.0. The number of aromatic nitrogens is 1. The maximum absolute atomic E-state index is 12.8. The molecular weight excluding hydrogens is 370 g/mol. The van der Waals surface area contributed by atoms with Gasteiger partial charge in [-0.1, -0.05) is 36.4 Å². The van der Waals surface area contributed by atoms with Crippen molar-refractivity contribution in [3.05, 3.63) is 86.9 Å². The molecule has 0 amide bonds. The van der Waals surface area contributed by atoms with Crippen molar-refractivity contribution < 1.29 is 0 Å². The fourth-order valence-corrected chi connectivity index (χ4v) is 4.24. The highest BCUT2D eigenvalue weighted by Gasteiger charge is 2.12. The van der Waals surface area contributed by atoms with Crippen LogP contribution >= 0.6 is 27.3 Å². The second kappa shape index (κ2) is 5.80. The molecule has 0 saturated heterocycles. The molecular formula is C19H12BrNOS. The zero-order valence-corrected chi connectivity index (χ0v) is 14.5. The van der Waals surface area contributed by atoms with E-state index in [0.717, 1.165) is 31.5 Å². The first-order valence-corrected chi connectivity index (χ1v) is 8.86. The van der Waals surface area contributed by atoms with Crippen LogP contribution in [0.15, 0.2) is 81.4 Å². The third-order valence-corrected chi connectivity index (χ3v) is 5.50. The number of rotatable bonds is 2. The lowest BCUT2D eigenvalue weighted by Crippen LogP contribution is -2.18. The Morgan fingerprint density at radius 1 is 0.913 bits per heavy atom. The van der Waals surface area contributed by atoms with Crippen LogP contribution in [0.4, 0.5) is 0 Å². The third kappa shape index (κ3) is 2.54. The number of fused-ring (bicyclic) bond motifs is 1. The van der Waals surface area contributed by atoms with Gasteiger partial charge >= 0.3 is 0 Å². The van der Waals surface area contributed by atoms with E-state index >= 15 is 0 Å². The number of thiophene rings is 1. The lowest BCUT2D eigenvalue weighted by atomic mass is 10.1. The van der Waals surface area contributed by atoms with Gasteiger partial charge in [0, 0.05) is 37.4 Å². The van der Waals surface area contributed by atoms with Crippen LogP contribution < -0.4 is 5.56 Å². The Hall–Kier alpha value is -2.17. The second-order valence-electron chi connectivity index (χ2n) is 5.21. The predicted octanol–water partition coefficient (Wildman–Crippen LogP) is 5.48. The van der Waals surface area contributed by atoms with Gasteiger partial charge in [0.1, 0.15) is 0 Å². The van der Waals surface area contributed by atoms with E-state index in [0.29, 0.717) is 0 Å². The van der Waals surface area contributed by atoms with Crippen molar-refractivity contribution in [3.8, 4) is 16.1 Å². The van der Waals surface area contributed by atoms with Crippen LogP contribution in [0.3, 0.4) is 0 Å². The molecule has 0 aliphatic heterocycles. The molecule has 2 nitrogen and oxygen atoms in total. The molecule has 2 aromatic carbocycles.